The molecule has 1 aliphatic rings. The minimum absolute atomic E-state index is 0.216. The predicted molar refractivity (Wildman–Crippen MR) is 125 cm³/mol. The quantitative estimate of drug-likeness (QED) is 0.331. The Morgan fingerprint density at radius 1 is 0.935 bits per heavy atom. The second-order valence-electron chi connectivity index (χ2n) is 8.07. The molecule has 0 saturated heterocycles. The van der Waals surface area contributed by atoms with Crippen LogP contribution in [-0.2, 0) is 0 Å². The van der Waals surface area contributed by atoms with Gasteiger partial charge in [0.2, 0.25) is 5.78 Å². The molecule has 0 amide bonds. The van der Waals surface area contributed by atoms with Gasteiger partial charge in [-0.05, 0) is 37.3 Å². The molecule has 5 aromatic rings. The number of aliphatic imine (C=N–C) groups is 1. The number of rotatable bonds is 0. The number of hydrogen-bond acceptors (Lipinski definition) is 3. The molecule has 1 unspecified atom stereocenters. The second-order valence-corrected chi connectivity index (χ2v) is 8.07. The van der Waals surface area contributed by atoms with E-state index >= 15 is 0 Å². The monoisotopic (exact) mass is 406 g/mol. The fraction of sp³-hybridized carbons (Fsp3) is 0.154. The van der Waals surface area contributed by atoms with Crippen LogP contribution in [0.5, 0.6) is 5.75 Å². The number of imidazole rings is 2. The van der Waals surface area contributed by atoms with Crippen molar-refractivity contribution in [3.63, 3.8) is 0 Å². The summed E-state index contributed by atoms with van der Waals surface area (Å²) < 4.78 is 10.6. The van der Waals surface area contributed by atoms with Crippen LogP contribution in [0.3, 0.4) is 0 Å². The predicted octanol–water partition coefficient (Wildman–Crippen LogP) is 5.71. The first-order valence-corrected chi connectivity index (χ1v) is 10.5. The van der Waals surface area contributed by atoms with Crippen molar-refractivity contribution in [2.24, 2.45) is 4.99 Å². The average Bonchev–Trinajstić information content (AvgIpc) is 3.32. The summed E-state index contributed by atoms with van der Waals surface area (Å²) in [6, 6.07) is 22.9. The summed E-state index contributed by atoms with van der Waals surface area (Å²) in [5.74, 6) is 2.76. The van der Waals surface area contributed by atoms with Crippen molar-refractivity contribution in [2.75, 3.05) is 6.61 Å². The van der Waals surface area contributed by atoms with Crippen LogP contribution in [0.2, 0.25) is 0 Å². The Kier molecular flexibility index (Phi) is 3.96. The second kappa shape index (κ2) is 6.84. The summed E-state index contributed by atoms with van der Waals surface area (Å²) in [4.78, 5) is 9.77. The lowest BCUT2D eigenvalue weighted by molar-refractivity contribution is 0.368. The van der Waals surface area contributed by atoms with E-state index in [1.165, 1.54) is 11.1 Å². The maximum absolute atomic E-state index is 6.31. The van der Waals surface area contributed by atoms with E-state index in [4.69, 9.17) is 14.7 Å². The molecule has 0 fully saturated rings. The van der Waals surface area contributed by atoms with Crippen LogP contribution in [-0.4, -0.2) is 26.4 Å². The third-order valence-corrected chi connectivity index (χ3v) is 5.98. The number of benzene rings is 3. The third kappa shape index (κ3) is 2.77. The highest BCUT2D eigenvalue weighted by atomic mass is 16.5. The molecule has 1 aliphatic heterocycles. The summed E-state index contributed by atoms with van der Waals surface area (Å²) in [5.41, 5.74) is 6.62. The zero-order valence-corrected chi connectivity index (χ0v) is 17.5. The molecule has 0 N–H and O–H groups in total. The highest BCUT2D eigenvalue weighted by Crippen LogP contribution is 2.31. The average molecular weight is 406 g/mol. The van der Waals surface area contributed by atoms with E-state index in [2.05, 4.69) is 71.4 Å². The van der Waals surface area contributed by atoms with Gasteiger partial charge >= 0.3 is 0 Å². The van der Waals surface area contributed by atoms with Gasteiger partial charge in [-0.1, -0.05) is 55.0 Å². The fourth-order valence-electron chi connectivity index (χ4n) is 4.42. The summed E-state index contributed by atoms with van der Waals surface area (Å²) in [7, 11) is 0. The van der Waals surface area contributed by atoms with E-state index in [9.17, 15) is 0 Å². The SMILES string of the molecule is Cc1ccc2c(c1)C(C)/C=C\N=C(n1c3ccccc3n3c4ccccc4nc13)CO2. The van der Waals surface area contributed by atoms with E-state index in [1.807, 2.05) is 30.5 Å². The standard InChI is InChI=1S/C26H22N4O/c1-17-11-12-24-19(15-17)18(2)13-14-27-25(16-31-24)30-23-10-6-5-9-22(23)29-21-8-4-3-7-20(21)28-26(29)30/h3-15,18H,16H2,1-2H3/b14-13-,27-25?. The molecule has 0 bridgehead atoms. The zero-order valence-electron chi connectivity index (χ0n) is 17.5. The van der Waals surface area contributed by atoms with E-state index in [1.54, 1.807) is 0 Å². The number of allylic oxidation sites excluding steroid dienone is 1. The Hall–Kier alpha value is -3.86. The normalized spacial score (nSPS) is 17.6. The minimum Gasteiger partial charge on any atom is -0.485 e. The van der Waals surface area contributed by atoms with Crippen LogP contribution >= 0.6 is 0 Å². The molecule has 5 nitrogen and oxygen atoms in total. The van der Waals surface area contributed by atoms with Gasteiger partial charge in [0, 0.05) is 17.7 Å². The first kappa shape index (κ1) is 18.0. The Balaban J connectivity index is 1.58. The fourth-order valence-corrected chi connectivity index (χ4v) is 4.42. The van der Waals surface area contributed by atoms with Crippen LogP contribution in [0.1, 0.15) is 24.0 Å². The van der Waals surface area contributed by atoms with Crippen LogP contribution in [0, 0.1) is 6.92 Å². The summed E-state index contributed by atoms with van der Waals surface area (Å²) >= 11 is 0. The van der Waals surface area contributed by atoms with Crippen LogP contribution in [0.4, 0.5) is 0 Å². The molecule has 0 spiro atoms. The van der Waals surface area contributed by atoms with Crippen LogP contribution in [0.15, 0.2) is 84.0 Å². The molecule has 3 aromatic carbocycles. The van der Waals surface area contributed by atoms with Gasteiger partial charge in [0.1, 0.15) is 12.4 Å². The van der Waals surface area contributed by atoms with Crippen molar-refractivity contribution >= 4 is 33.7 Å². The number of hydrogen-bond donors (Lipinski definition) is 0. The van der Waals surface area contributed by atoms with E-state index < -0.39 is 0 Å². The lowest BCUT2D eigenvalue weighted by atomic mass is 9.98. The molecule has 2 aromatic heterocycles. The van der Waals surface area contributed by atoms with Gasteiger partial charge in [-0.2, -0.15) is 0 Å². The van der Waals surface area contributed by atoms with Crippen molar-refractivity contribution in [3.05, 3.63) is 90.1 Å². The number of aromatic nitrogens is 3. The zero-order chi connectivity index (χ0) is 20.9. The van der Waals surface area contributed by atoms with Gasteiger partial charge in [0.05, 0.1) is 22.1 Å². The smallest absolute Gasteiger partial charge is 0.221 e. The highest BCUT2D eigenvalue weighted by molar-refractivity contribution is 6.02. The van der Waals surface area contributed by atoms with Crippen molar-refractivity contribution in [1.29, 1.82) is 0 Å². The Morgan fingerprint density at radius 2 is 1.71 bits per heavy atom. The first-order chi connectivity index (χ1) is 15.2. The van der Waals surface area contributed by atoms with Crippen molar-refractivity contribution in [2.45, 2.75) is 19.8 Å². The lowest BCUT2D eigenvalue weighted by Gasteiger charge is -2.15. The van der Waals surface area contributed by atoms with Gasteiger partial charge in [-0.15, -0.1) is 0 Å². The first-order valence-electron chi connectivity index (χ1n) is 10.5. The summed E-state index contributed by atoms with van der Waals surface area (Å²) in [6.45, 7) is 4.63. The van der Waals surface area contributed by atoms with Gasteiger partial charge in [-0.25, -0.2) is 9.98 Å². The Morgan fingerprint density at radius 3 is 2.58 bits per heavy atom. The maximum atomic E-state index is 6.31. The topological polar surface area (TPSA) is 43.8 Å². The molecule has 6 rings (SSSR count). The Bertz CT molecular complexity index is 1520. The number of para-hydroxylation sites is 4. The largest absolute Gasteiger partial charge is 0.485 e. The molecule has 5 heteroatoms. The molecule has 3 heterocycles. The minimum atomic E-state index is 0.216. The van der Waals surface area contributed by atoms with Crippen LogP contribution < -0.4 is 4.74 Å². The van der Waals surface area contributed by atoms with Crippen molar-refractivity contribution in [3.8, 4) is 5.75 Å². The summed E-state index contributed by atoms with van der Waals surface area (Å²) in [5, 5.41) is 0. The van der Waals surface area contributed by atoms with E-state index in [0.717, 1.165) is 39.4 Å². The van der Waals surface area contributed by atoms with E-state index in [-0.39, 0.29) is 5.92 Å². The maximum Gasteiger partial charge on any atom is 0.221 e. The van der Waals surface area contributed by atoms with Crippen LogP contribution in [0.25, 0.3) is 27.8 Å². The molecule has 0 aliphatic carbocycles. The van der Waals surface area contributed by atoms with Crippen molar-refractivity contribution < 1.29 is 4.74 Å². The molecular formula is C26H22N4O. The number of ether oxygens (including phenoxy) is 1. The van der Waals surface area contributed by atoms with Crippen molar-refractivity contribution in [1.82, 2.24) is 14.0 Å². The Labute approximate surface area is 179 Å². The molecule has 1 atom stereocenters. The van der Waals surface area contributed by atoms with Gasteiger partial charge in [0.15, 0.2) is 5.84 Å². The number of fused-ring (bicyclic) bond motifs is 6. The molecule has 0 saturated carbocycles. The number of aryl methyl sites for hydroxylation is 1. The molecular weight excluding hydrogens is 384 g/mol. The molecule has 31 heavy (non-hydrogen) atoms. The highest BCUT2D eigenvalue weighted by Gasteiger charge is 2.20. The number of nitrogens with zero attached hydrogens (tertiary/aromatic N) is 4. The third-order valence-electron chi connectivity index (χ3n) is 5.98. The van der Waals surface area contributed by atoms with Gasteiger partial charge in [0.25, 0.3) is 0 Å². The van der Waals surface area contributed by atoms with E-state index in [0.29, 0.717) is 6.61 Å². The molecule has 0 radical (unpaired) electrons. The molecule has 152 valence electrons. The van der Waals surface area contributed by atoms with Gasteiger partial charge in [-0.3, -0.25) is 8.97 Å². The van der Waals surface area contributed by atoms with Gasteiger partial charge < -0.3 is 4.74 Å². The summed E-state index contributed by atoms with van der Waals surface area (Å²) in [6.07, 6.45) is 4.02. The lowest BCUT2D eigenvalue weighted by Crippen LogP contribution is -2.21.